The molecule has 4 nitrogen and oxygen atoms in total. The molecule has 0 bridgehead atoms. The lowest BCUT2D eigenvalue weighted by molar-refractivity contribution is 0.556. The minimum Gasteiger partial charge on any atom is -0.398 e. The van der Waals surface area contributed by atoms with Crippen molar-refractivity contribution in [2.75, 3.05) is 5.73 Å². The number of hydrogen-bond acceptors (Lipinski definition) is 3. The van der Waals surface area contributed by atoms with Gasteiger partial charge in [-0.15, -0.1) is 0 Å². The highest BCUT2D eigenvalue weighted by Gasteiger charge is 2.18. The van der Waals surface area contributed by atoms with Crippen LogP contribution in [0.25, 0.3) is 0 Å². The molecule has 1 aromatic rings. The predicted octanol–water partition coefficient (Wildman–Crippen LogP) is 1.35. The molecular formula is C10H16N2O2S. The molecule has 0 aliphatic carbocycles. The number of nitrogens with one attached hydrogen (secondary N) is 1. The summed E-state index contributed by atoms with van der Waals surface area (Å²) in [6.45, 7) is 3.73. The molecule has 15 heavy (non-hydrogen) atoms. The first kappa shape index (κ1) is 12.0. The third kappa shape index (κ3) is 2.94. The summed E-state index contributed by atoms with van der Waals surface area (Å²) in [5.41, 5.74) is 5.88. The van der Waals surface area contributed by atoms with Gasteiger partial charge in [-0.05, 0) is 25.5 Å². The fourth-order valence-corrected chi connectivity index (χ4v) is 2.60. The van der Waals surface area contributed by atoms with Crippen molar-refractivity contribution >= 4 is 15.7 Å². The Kier molecular flexibility index (Phi) is 3.71. The van der Waals surface area contributed by atoms with Gasteiger partial charge in [0.25, 0.3) is 0 Å². The highest BCUT2D eigenvalue weighted by atomic mass is 32.2. The molecule has 1 rings (SSSR count). The van der Waals surface area contributed by atoms with Gasteiger partial charge >= 0.3 is 0 Å². The number of nitrogens with two attached hydrogens (primary N) is 1. The van der Waals surface area contributed by atoms with Gasteiger partial charge in [0.05, 0.1) is 5.69 Å². The van der Waals surface area contributed by atoms with Crippen LogP contribution in [0.1, 0.15) is 20.3 Å². The second-order valence-electron chi connectivity index (χ2n) is 3.47. The van der Waals surface area contributed by atoms with Crippen LogP contribution in [0.4, 0.5) is 5.69 Å². The standard InChI is InChI=1S/C10H16N2O2S/c1-3-8(2)12-15(13,14)10-7-5-4-6-9(10)11/h4-8,12H,3,11H2,1-2H3/t8-/m0/s1. The van der Waals surface area contributed by atoms with E-state index >= 15 is 0 Å². The molecule has 0 spiro atoms. The molecule has 84 valence electrons. The molecule has 1 atom stereocenters. The summed E-state index contributed by atoms with van der Waals surface area (Å²) < 4.78 is 26.2. The minimum atomic E-state index is -3.48. The Balaban J connectivity index is 3.02. The van der Waals surface area contributed by atoms with E-state index in [1.54, 1.807) is 18.2 Å². The molecule has 0 unspecified atom stereocenters. The van der Waals surface area contributed by atoms with Gasteiger partial charge in [-0.1, -0.05) is 19.1 Å². The lowest BCUT2D eigenvalue weighted by Crippen LogP contribution is -2.32. The maximum Gasteiger partial charge on any atom is 0.242 e. The molecule has 0 aromatic heterocycles. The first-order chi connectivity index (χ1) is 6.97. The Hall–Kier alpha value is -1.07. The minimum absolute atomic E-state index is 0.0883. The van der Waals surface area contributed by atoms with Crippen LogP contribution in [-0.2, 0) is 10.0 Å². The summed E-state index contributed by atoms with van der Waals surface area (Å²) in [5.74, 6) is 0. The van der Waals surface area contributed by atoms with Crippen molar-refractivity contribution in [1.82, 2.24) is 4.72 Å². The van der Waals surface area contributed by atoms with Crippen LogP contribution in [0.2, 0.25) is 0 Å². The highest BCUT2D eigenvalue weighted by molar-refractivity contribution is 7.89. The van der Waals surface area contributed by atoms with E-state index in [4.69, 9.17) is 5.73 Å². The third-order valence-corrected chi connectivity index (χ3v) is 3.84. The van der Waals surface area contributed by atoms with Crippen molar-refractivity contribution in [3.63, 3.8) is 0 Å². The van der Waals surface area contributed by atoms with E-state index in [9.17, 15) is 8.42 Å². The van der Waals surface area contributed by atoms with Gasteiger partial charge in [-0.25, -0.2) is 13.1 Å². The molecule has 3 N–H and O–H groups in total. The number of nitrogen functional groups attached to an aromatic ring is 1. The summed E-state index contributed by atoms with van der Waals surface area (Å²) in [7, 11) is -3.48. The molecule has 0 aliphatic rings. The van der Waals surface area contributed by atoms with E-state index in [0.717, 1.165) is 6.42 Å². The van der Waals surface area contributed by atoms with E-state index in [1.807, 2.05) is 13.8 Å². The molecular weight excluding hydrogens is 212 g/mol. The van der Waals surface area contributed by atoms with Crippen molar-refractivity contribution in [3.05, 3.63) is 24.3 Å². The average molecular weight is 228 g/mol. The lowest BCUT2D eigenvalue weighted by Gasteiger charge is -2.13. The second kappa shape index (κ2) is 4.63. The molecule has 0 fully saturated rings. The molecule has 0 amide bonds. The molecule has 0 aliphatic heterocycles. The van der Waals surface area contributed by atoms with E-state index in [-0.39, 0.29) is 16.6 Å². The van der Waals surface area contributed by atoms with E-state index < -0.39 is 10.0 Å². The predicted molar refractivity (Wildman–Crippen MR) is 60.9 cm³/mol. The zero-order valence-electron chi connectivity index (χ0n) is 8.90. The smallest absolute Gasteiger partial charge is 0.242 e. The molecule has 0 saturated carbocycles. The van der Waals surface area contributed by atoms with Crippen LogP contribution >= 0.6 is 0 Å². The van der Waals surface area contributed by atoms with Crippen molar-refractivity contribution in [1.29, 1.82) is 0 Å². The van der Waals surface area contributed by atoms with Gasteiger partial charge in [-0.2, -0.15) is 0 Å². The Morgan fingerprint density at radius 1 is 1.40 bits per heavy atom. The summed E-state index contributed by atoms with van der Waals surface area (Å²) in [6, 6.07) is 6.35. The molecule has 0 saturated heterocycles. The van der Waals surface area contributed by atoms with Gasteiger partial charge < -0.3 is 5.73 Å². The molecule has 0 heterocycles. The first-order valence-corrected chi connectivity index (χ1v) is 6.32. The Morgan fingerprint density at radius 2 is 2.00 bits per heavy atom. The number of hydrogen-bond donors (Lipinski definition) is 2. The maximum atomic E-state index is 11.8. The maximum absolute atomic E-state index is 11.8. The fraction of sp³-hybridized carbons (Fsp3) is 0.400. The van der Waals surface area contributed by atoms with Gasteiger partial charge in [-0.3, -0.25) is 0 Å². The number of benzene rings is 1. The number of anilines is 1. The van der Waals surface area contributed by atoms with Crippen LogP contribution < -0.4 is 10.5 Å². The van der Waals surface area contributed by atoms with Crippen molar-refractivity contribution < 1.29 is 8.42 Å². The zero-order valence-corrected chi connectivity index (χ0v) is 9.71. The fourth-order valence-electron chi connectivity index (χ4n) is 1.14. The molecule has 0 radical (unpaired) electrons. The normalized spacial score (nSPS) is 13.7. The lowest BCUT2D eigenvalue weighted by atomic mass is 10.3. The SMILES string of the molecule is CC[C@H](C)NS(=O)(=O)c1ccccc1N. The first-order valence-electron chi connectivity index (χ1n) is 4.84. The van der Waals surface area contributed by atoms with Crippen molar-refractivity contribution in [3.8, 4) is 0 Å². The van der Waals surface area contributed by atoms with E-state index in [0.29, 0.717) is 0 Å². The van der Waals surface area contributed by atoms with Gasteiger partial charge in [0.15, 0.2) is 0 Å². The number of rotatable bonds is 4. The van der Waals surface area contributed by atoms with Crippen LogP contribution in [0.5, 0.6) is 0 Å². The summed E-state index contributed by atoms with van der Waals surface area (Å²) in [6.07, 6.45) is 0.742. The Labute approximate surface area is 90.5 Å². The van der Waals surface area contributed by atoms with E-state index in [1.165, 1.54) is 6.07 Å². The van der Waals surface area contributed by atoms with Crippen LogP contribution in [0, 0.1) is 0 Å². The van der Waals surface area contributed by atoms with Crippen LogP contribution in [0.15, 0.2) is 29.2 Å². The van der Waals surface area contributed by atoms with Crippen molar-refractivity contribution in [2.45, 2.75) is 31.2 Å². The quantitative estimate of drug-likeness (QED) is 0.764. The summed E-state index contributed by atoms with van der Waals surface area (Å²) >= 11 is 0. The number of para-hydroxylation sites is 1. The van der Waals surface area contributed by atoms with Gasteiger partial charge in [0.1, 0.15) is 4.90 Å². The van der Waals surface area contributed by atoms with E-state index in [2.05, 4.69) is 4.72 Å². The Bertz CT molecular complexity index is 429. The van der Waals surface area contributed by atoms with Crippen LogP contribution in [-0.4, -0.2) is 14.5 Å². The van der Waals surface area contributed by atoms with Gasteiger partial charge in [0, 0.05) is 6.04 Å². The Morgan fingerprint density at radius 3 is 2.53 bits per heavy atom. The van der Waals surface area contributed by atoms with Crippen molar-refractivity contribution in [2.24, 2.45) is 0 Å². The summed E-state index contributed by atoms with van der Waals surface area (Å²) in [5, 5.41) is 0. The highest BCUT2D eigenvalue weighted by Crippen LogP contribution is 2.17. The zero-order chi connectivity index (χ0) is 11.5. The largest absolute Gasteiger partial charge is 0.398 e. The monoisotopic (exact) mass is 228 g/mol. The second-order valence-corrected chi connectivity index (χ2v) is 5.15. The number of sulfonamides is 1. The van der Waals surface area contributed by atoms with Gasteiger partial charge in [0.2, 0.25) is 10.0 Å². The molecule has 1 aromatic carbocycles. The average Bonchev–Trinajstić information content (AvgIpc) is 2.17. The molecule has 5 heteroatoms. The topological polar surface area (TPSA) is 72.2 Å². The third-order valence-electron chi connectivity index (χ3n) is 2.18. The summed E-state index contributed by atoms with van der Waals surface area (Å²) in [4.78, 5) is 0.144. The van der Waals surface area contributed by atoms with Crippen LogP contribution in [0.3, 0.4) is 0 Å².